The summed E-state index contributed by atoms with van der Waals surface area (Å²) in [6.07, 6.45) is 1.95. The van der Waals surface area contributed by atoms with Crippen LogP contribution < -0.4 is 10.6 Å². The molecule has 2 N–H and O–H groups in total. The number of nitrogens with two attached hydrogens (primary N) is 1. The zero-order valence-corrected chi connectivity index (χ0v) is 13.1. The van der Waals surface area contributed by atoms with Gasteiger partial charge in [-0.15, -0.1) is 0 Å². The highest BCUT2D eigenvalue weighted by molar-refractivity contribution is 7.90. The molecule has 0 saturated carbocycles. The van der Waals surface area contributed by atoms with Crippen LogP contribution in [0.15, 0.2) is 18.2 Å². The van der Waals surface area contributed by atoms with Gasteiger partial charge in [0.1, 0.15) is 9.84 Å². The van der Waals surface area contributed by atoms with Crippen LogP contribution in [0, 0.1) is 0 Å². The van der Waals surface area contributed by atoms with Crippen molar-refractivity contribution in [3.8, 4) is 0 Å². The molecule has 1 unspecified atom stereocenters. The fourth-order valence-corrected chi connectivity index (χ4v) is 2.66. The van der Waals surface area contributed by atoms with E-state index >= 15 is 0 Å². The van der Waals surface area contributed by atoms with Crippen molar-refractivity contribution in [3.63, 3.8) is 0 Å². The third-order valence-corrected chi connectivity index (χ3v) is 3.95. The first kappa shape index (κ1) is 16.3. The smallest absolute Gasteiger partial charge is 0.149 e. The molecule has 0 saturated heterocycles. The normalized spacial score (nSPS) is 13.3. The third kappa shape index (κ3) is 5.80. The quantitative estimate of drug-likeness (QED) is 0.869. The van der Waals surface area contributed by atoms with Gasteiger partial charge in [-0.2, -0.15) is 0 Å². The molecule has 0 aliphatic heterocycles. The van der Waals surface area contributed by atoms with Gasteiger partial charge in [0, 0.05) is 36.6 Å². The topological polar surface area (TPSA) is 63.4 Å². The maximum absolute atomic E-state index is 11.2. The number of benzene rings is 1. The fourth-order valence-electron chi connectivity index (χ4n) is 1.86. The monoisotopic (exact) mass is 304 g/mol. The standard InChI is InChI=1S/C13H21ClN2O2S/c1-10(15)8-11-9-12(14)4-5-13(11)16(2)6-7-19(3,17)18/h4-5,9-10H,6-8,15H2,1-3H3. The second-order valence-corrected chi connectivity index (χ2v) is 7.70. The number of anilines is 1. The number of nitrogens with zero attached hydrogens (tertiary/aromatic N) is 1. The van der Waals surface area contributed by atoms with Crippen molar-refractivity contribution in [2.24, 2.45) is 5.73 Å². The largest absolute Gasteiger partial charge is 0.373 e. The number of hydrogen-bond acceptors (Lipinski definition) is 4. The number of rotatable bonds is 6. The lowest BCUT2D eigenvalue weighted by atomic mass is 10.0. The summed E-state index contributed by atoms with van der Waals surface area (Å²) in [5, 5.41) is 0.663. The summed E-state index contributed by atoms with van der Waals surface area (Å²) in [6, 6.07) is 5.62. The van der Waals surface area contributed by atoms with Crippen LogP contribution in [0.1, 0.15) is 12.5 Å². The second kappa shape index (κ2) is 6.59. The Bertz CT molecular complexity index is 529. The number of halogens is 1. The zero-order valence-electron chi connectivity index (χ0n) is 11.6. The minimum atomic E-state index is -2.96. The Balaban J connectivity index is 2.92. The molecule has 0 bridgehead atoms. The molecule has 0 amide bonds. The van der Waals surface area contributed by atoms with Crippen LogP contribution >= 0.6 is 11.6 Å². The van der Waals surface area contributed by atoms with Crippen LogP contribution in [-0.4, -0.2) is 40.1 Å². The van der Waals surface area contributed by atoms with Gasteiger partial charge in [0.05, 0.1) is 5.75 Å². The van der Waals surface area contributed by atoms with Crippen LogP contribution in [-0.2, 0) is 16.3 Å². The Labute approximate surface area is 120 Å². The van der Waals surface area contributed by atoms with Crippen LogP contribution in [0.5, 0.6) is 0 Å². The van der Waals surface area contributed by atoms with Crippen LogP contribution in [0.2, 0.25) is 5.02 Å². The summed E-state index contributed by atoms with van der Waals surface area (Å²) in [6.45, 7) is 2.38. The first-order valence-corrected chi connectivity index (χ1v) is 8.56. The lowest BCUT2D eigenvalue weighted by Gasteiger charge is -2.23. The molecule has 0 aliphatic carbocycles. The third-order valence-electron chi connectivity index (χ3n) is 2.79. The summed E-state index contributed by atoms with van der Waals surface area (Å²) in [4.78, 5) is 1.93. The molecule has 0 aliphatic rings. The molecule has 1 aromatic carbocycles. The molecule has 1 aromatic rings. The summed E-state index contributed by atoms with van der Waals surface area (Å²) in [7, 11) is -1.09. The molecule has 6 heteroatoms. The van der Waals surface area contributed by atoms with E-state index in [1.54, 1.807) is 6.07 Å². The van der Waals surface area contributed by atoms with Gasteiger partial charge < -0.3 is 10.6 Å². The first-order chi connectivity index (χ1) is 8.69. The molecule has 19 heavy (non-hydrogen) atoms. The van der Waals surface area contributed by atoms with Crippen molar-refractivity contribution in [2.75, 3.05) is 30.5 Å². The van der Waals surface area contributed by atoms with E-state index in [9.17, 15) is 8.42 Å². The Hall–Kier alpha value is -0.780. The van der Waals surface area contributed by atoms with Crippen molar-refractivity contribution in [1.29, 1.82) is 0 Å². The van der Waals surface area contributed by atoms with Crippen molar-refractivity contribution < 1.29 is 8.42 Å². The van der Waals surface area contributed by atoms with Crippen LogP contribution in [0.3, 0.4) is 0 Å². The van der Waals surface area contributed by atoms with Gasteiger partial charge >= 0.3 is 0 Å². The van der Waals surface area contributed by atoms with Crippen LogP contribution in [0.4, 0.5) is 5.69 Å². The van der Waals surface area contributed by atoms with E-state index in [4.69, 9.17) is 17.3 Å². The molecular weight excluding hydrogens is 284 g/mol. The van der Waals surface area contributed by atoms with Crippen LogP contribution in [0.25, 0.3) is 0 Å². The van der Waals surface area contributed by atoms with E-state index in [1.807, 2.05) is 31.0 Å². The van der Waals surface area contributed by atoms with E-state index in [0.717, 1.165) is 11.3 Å². The summed E-state index contributed by atoms with van der Waals surface area (Å²) < 4.78 is 22.4. The van der Waals surface area contributed by atoms with E-state index in [2.05, 4.69) is 0 Å². The summed E-state index contributed by atoms with van der Waals surface area (Å²) in [5.74, 6) is 0.129. The lowest BCUT2D eigenvalue weighted by Crippen LogP contribution is -2.27. The van der Waals surface area contributed by atoms with E-state index in [0.29, 0.717) is 18.0 Å². The number of hydrogen-bond donors (Lipinski definition) is 1. The van der Waals surface area contributed by atoms with E-state index in [1.165, 1.54) is 6.26 Å². The molecule has 0 spiro atoms. The first-order valence-electron chi connectivity index (χ1n) is 6.12. The molecule has 4 nitrogen and oxygen atoms in total. The minimum Gasteiger partial charge on any atom is -0.373 e. The van der Waals surface area contributed by atoms with Gasteiger partial charge in [0.25, 0.3) is 0 Å². The van der Waals surface area contributed by atoms with Gasteiger partial charge in [-0.05, 0) is 37.1 Å². The molecule has 108 valence electrons. The summed E-state index contributed by atoms with van der Waals surface area (Å²) >= 11 is 6.00. The second-order valence-electron chi connectivity index (χ2n) is 5.01. The maximum atomic E-state index is 11.2. The van der Waals surface area contributed by atoms with Gasteiger partial charge in [0.15, 0.2) is 0 Å². The predicted octanol–water partition coefficient (Wildman–Crippen LogP) is 1.71. The van der Waals surface area contributed by atoms with Gasteiger partial charge in [-0.25, -0.2) is 8.42 Å². The van der Waals surface area contributed by atoms with Crippen molar-refractivity contribution in [1.82, 2.24) is 0 Å². The van der Waals surface area contributed by atoms with Crippen molar-refractivity contribution in [2.45, 2.75) is 19.4 Å². The van der Waals surface area contributed by atoms with Crippen molar-refractivity contribution >= 4 is 27.1 Å². The van der Waals surface area contributed by atoms with Crippen molar-refractivity contribution in [3.05, 3.63) is 28.8 Å². The Morgan fingerprint density at radius 2 is 2.05 bits per heavy atom. The molecule has 0 fully saturated rings. The fraction of sp³-hybridized carbons (Fsp3) is 0.538. The summed E-state index contributed by atoms with van der Waals surface area (Å²) in [5.41, 5.74) is 7.85. The molecule has 0 radical (unpaired) electrons. The molecule has 0 heterocycles. The molecule has 1 atom stereocenters. The van der Waals surface area contributed by atoms with Gasteiger partial charge in [0.2, 0.25) is 0 Å². The highest BCUT2D eigenvalue weighted by Gasteiger charge is 2.12. The Morgan fingerprint density at radius 3 is 2.58 bits per heavy atom. The average Bonchev–Trinajstić information content (AvgIpc) is 2.24. The van der Waals surface area contributed by atoms with E-state index < -0.39 is 9.84 Å². The SMILES string of the molecule is CC(N)Cc1cc(Cl)ccc1N(C)CCS(C)(=O)=O. The molecular formula is C13H21ClN2O2S. The average molecular weight is 305 g/mol. The molecule has 0 aromatic heterocycles. The lowest BCUT2D eigenvalue weighted by molar-refractivity contribution is 0.601. The zero-order chi connectivity index (χ0) is 14.6. The van der Waals surface area contributed by atoms with E-state index in [-0.39, 0.29) is 11.8 Å². The van der Waals surface area contributed by atoms with Gasteiger partial charge in [-0.3, -0.25) is 0 Å². The maximum Gasteiger partial charge on any atom is 0.149 e. The highest BCUT2D eigenvalue weighted by Crippen LogP contribution is 2.24. The Kier molecular flexibility index (Phi) is 5.64. The predicted molar refractivity (Wildman–Crippen MR) is 81.8 cm³/mol. The van der Waals surface area contributed by atoms with Gasteiger partial charge in [-0.1, -0.05) is 11.6 Å². The highest BCUT2D eigenvalue weighted by atomic mass is 35.5. The Morgan fingerprint density at radius 1 is 1.42 bits per heavy atom. The number of sulfone groups is 1. The molecule has 1 rings (SSSR count). The minimum absolute atomic E-state index is 0.0283.